The monoisotopic (exact) mass is 614 g/mol. The van der Waals surface area contributed by atoms with Crippen molar-refractivity contribution in [1.29, 1.82) is 0 Å². The highest BCUT2D eigenvalue weighted by Gasteiger charge is 2.36. The number of rotatable bonds is 10. The Labute approximate surface area is 261 Å². The van der Waals surface area contributed by atoms with Crippen molar-refractivity contribution in [2.24, 2.45) is 0 Å². The van der Waals surface area contributed by atoms with E-state index < -0.39 is 6.04 Å². The van der Waals surface area contributed by atoms with E-state index in [0.29, 0.717) is 34.1 Å². The Balaban J connectivity index is 1.24. The molecule has 222 valence electrons. The first-order chi connectivity index (χ1) is 21.0. The predicted molar refractivity (Wildman–Crippen MR) is 171 cm³/mol. The molecule has 1 saturated carbocycles. The molecular weight excluding hydrogens is 580 g/mol. The van der Waals surface area contributed by atoms with Crippen LogP contribution in [0.15, 0.2) is 95.3 Å². The standard InChI is InChI=1S/C34H35ClN4O3S/c1-23-30(32(40)42-28-13-6-3-7-14-28)31(25-16-18-27(19-17-25)41-21-20-24-10-4-2-5-11-24)39-33(36-23)37-34(38-39)43-22-26-12-8-9-15-29(26)35/h2,4-5,8-12,15-19,28,31H,3,6-7,13-14,20-22H2,1H3,(H,36,37,38). The number of benzene rings is 3. The third-order valence-corrected chi connectivity index (χ3v) is 9.15. The molecule has 9 heteroatoms. The van der Waals surface area contributed by atoms with Crippen LogP contribution in [0.25, 0.3) is 0 Å². The van der Waals surface area contributed by atoms with Crippen LogP contribution in [0, 0.1) is 0 Å². The molecule has 1 aliphatic carbocycles. The van der Waals surface area contributed by atoms with E-state index in [1.165, 1.54) is 23.7 Å². The predicted octanol–water partition coefficient (Wildman–Crippen LogP) is 8.01. The number of carbonyl (C=O) groups excluding carboxylic acids is 1. The summed E-state index contributed by atoms with van der Waals surface area (Å²) >= 11 is 7.89. The van der Waals surface area contributed by atoms with Gasteiger partial charge in [-0.3, -0.25) is 0 Å². The number of nitrogens with one attached hydrogen (secondary N) is 1. The van der Waals surface area contributed by atoms with Crippen LogP contribution in [0.3, 0.4) is 0 Å². The molecule has 43 heavy (non-hydrogen) atoms. The van der Waals surface area contributed by atoms with Crippen LogP contribution in [0.5, 0.6) is 5.75 Å². The average Bonchev–Trinajstić information content (AvgIpc) is 3.43. The first kappa shape index (κ1) is 29.3. The maximum Gasteiger partial charge on any atom is 0.338 e. The minimum Gasteiger partial charge on any atom is -0.493 e. The van der Waals surface area contributed by atoms with Gasteiger partial charge in [-0.2, -0.15) is 4.98 Å². The summed E-state index contributed by atoms with van der Waals surface area (Å²) in [5, 5.41) is 9.49. The van der Waals surface area contributed by atoms with Crippen LogP contribution in [-0.2, 0) is 21.7 Å². The van der Waals surface area contributed by atoms with Gasteiger partial charge in [-0.1, -0.05) is 90.4 Å². The molecule has 1 aliphatic heterocycles. The summed E-state index contributed by atoms with van der Waals surface area (Å²) < 4.78 is 13.9. The first-order valence-corrected chi connectivity index (χ1v) is 16.2. The topological polar surface area (TPSA) is 78.3 Å². The summed E-state index contributed by atoms with van der Waals surface area (Å²) in [5.41, 5.74) is 4.42. The van der Waals surface area contributed by atoms with E-state index in [9.17, 15) is 4.79 Å². The summed E-state index contributed by atoms with van der Waals surface area (Å²) in [4.78, 5) is 18.5. The second-order valence-electron chi connectivity index (χ2n) is 10.9. The molecule has 0 radical (unpaired) electrons. The average molecular weight is 615 g/mol. The van der Waals surface area contributed by atoms with E-state index in [4.69, 9.17) is 31.2 Å². The number of anilines is 1. The largest absolute Gasteiger partial charge is 0.493 e. The number of halogens is 1. The molecule has 1 atom stereocenters. The third kappa shape index (κ3) is 7.08. The fourth-order valence-corrected chi connectivity index (χ4v) is 6.71. The number of ether oxygens (including phenoxy) is 2. The van der Waals surface area contributed by atoms with E-state index in [1.54, 1.807) is 4.68 Å². The Morgan fingerprint density at radius 1 is 1.00 bits per heavy atom. The second kappa shape index (κ2) is 13.7. The van der Waals surface area contributed by atoms with Crippen LogP contribution in [0.1, 0.15) is 61.8 Å². The fourth-order valence-electron chi connectivity index (χ4n) is 5.60. The zero-order valence-corrected chi connectivity index (χ0v) is 25.7. The summed E-state index contributed by atoms with van der Waals surface area (Å²) in [6.45, 7) is 2.48. The highest BCUT2D eigenvalue weighted by Crippen LogP contribution is 2.38. The molecule has 1 aromatic heterocycles. The summed E-state index contributed by atoms with van der Waals surface area (Å²) in [6.07, 6.45) is 5.95. The van der Waals surface area contributed by atoms with Gasteiger partial charge in [0, 0.05) is 22.9 Å². The van der Waals surface area contributed by atoms with Gasteiger partial charge >= 0.3 is 5.97 Å². The molecule has 7 nitrogen and oxygen atoms in total. The highest BCUT2D eigenvalue weighted by atomic mass is 35.5. The summed E-state index contributed by atoms with van der Waals surface area (Å²) in [7, 11) is 0. The lowest BCUT2D eigenvalue weighted by Gasteiger charge is -2.30. The summed E-state index contributed by atoms with van der Waals surface area (Å²) in [5.74, 6) is 1.68. The lowest BCUT2D eigenvalue weighted by Crippen LogP contribution is -2.32. The lowest BCUT2D eigenvalue weighted by molar-refractivity contribution is -0.146. The third-order valence-electron chi connectivity index (χ3n) is 7.89. The van der Waals surface area contributed by atoms with Gasteiger partial charge in [-0.05, 0) is 67.5 Å². The van der Waals surface area contributed by atoms with E-state index in [0.717, 1.165) is 54.7 Å². The number of esters is 1. The maximum atomic E-state index is 13.7. The van der Waals surface area contributed by atoms with Crippen molar-refractivity contribution in [3.8, 4) is 5.75 Å². The zero-order chi connectivity index (χ0) is 29.6. The molecule has 0 saturated heterocycles. The molecule has 2 aliphatic rings. The van der Waals surface area contributed by atoms with Gasteiger partial charge in [0.1, 0.15) is 17.9 Å². The van der Waals surface area contributed by atoms with Gasteiger partial charge in [0.05, 0.1) is 12.2 Å². The Hall–Kier alpha value is -3.75. The maximum absolute atomic E-state index is 13.7. The second-order valence-corrected chi connectivity index (χ2v) is 12.3. The van der Waals surface area contributed by atoms with Crippen LogP contribution in [0.2, 0.25) is 5.02 Å². The van der Waals surface area contributed by atoms with Gasteiger partial charge < -0.3 is 14.8 Å². The van der Waals surface area contributed by atoms with Gasteiger partial charge in [0.2, 0.25) is 11.1 Å². The molecule has 1 fully saturated rings. The highest BCUT2D eigenvalue weighted by molar-refractivity contribution is 7.98. The van der Waals surface area contributed by atoms with Crippen molar-refractivity contribution in [2.75, 3.05) is 11.9 Å². The Bertz CT molecular complexity index is 1580. The van der Waals surface area contributed by atoms with Crippen molar-refractivity contribution >= 4 is 35.3 Å². The molecule has 4 aromatic rings. The molecule has 3 aromatic carbocycles. The van der Waals surface area contributed by atoms with Crippen molar-refractivity contribution in [3.63, 3.8) is 0 Å². The normalized spacial score (nSPS) is 16.8. The minimum absolute atomic E-state index is 0.0542. The van der Waals surface area contributed by atoms with E-state index >= 15 is 0 Å². The molecule has 1 N–H and O–H groups in total. The molecule has 2 heterocycles. The van der Waals surface area contributed by atoms with Gasteiger partial charge in [0.25, 0.3) is 0 Å². The first-order valence-electron chi connectivity index (χ1n) is 14.8. The molecule has 0 spiro atoms. The zero-order valence-electron chi connectivity index (χ0n) is 24.2. The Kier molecular flexibility index (Phi) is 9.34. The molecular formula is C34H35ClN4O3S. The molecule has 0 bridgehead atoms. The van der Waals surface area contributed by atoms with Crippen molar-refractivity contribution < 1.29 is 14.3 Å². The van der Waals surface area contributed by atoms with Crippen LogP contribution in [0.4, 0.5) is 5.95 Å². The van der Waals surface area contributed by atoms with Crippen LogP contribution >= 0.6 is 23.4 Å². The number of thioether (sulfide) groups is 1. The number of nitrogens with zero attached hydrogens (tertiary/aromatic N) is 3. The Morgan fingerprint density at radius 2 is 1.74 bits per heavy atom. The van der Waals surface area contributed by atoms with Crippen LogP contribution < -0.4 is 10.1 Å². The van der Waals surface area contributed by atoms with Crippen LogP contribution in [-0.4, -0.2) is 33.4 Å². The molecule has 0 amide bonds. The van der Waals surface area contributed by atoms with Crippen molar-refractivity contribution in [1.82, 2.24) is 14.8 Å². The minimum atomic E-state index is -0.493. The number of carbonyl (C=O) groups is 1. The van der Waals surface area contributed by atoms with Gasteiger partial charge in [-0.15, -0.1) is 5.10 Å². The van der Waals surface area contributed by atoms with E-state index in [-0.39, 0.29) is 12.1 Å². The van der Waals surface area contributed by atoms with Crippen molar-refractivity contribution in [3.05, 3.63) is 112 Å². The lowest BCUT2D eigenvalue weighted by atomic mass is 9.95. The van der Waals surface area contributed by atoms with E-state index in [2.05, 4.69) is 17.4 Å². The number of hydrogen-bond donors (Lipinski definition) is 1. The Morgan fingerprint density at radius 3 is 2.51 bits per heavy atom. The van der Waals surface area contributed by atoms with E-state index in [1.807, 2.05) is 73.7 Å². The number of allylic oxidation sites excluding steroid dienone is 1. The molecule has 1 unspecified atom stereocenters. The fraction of sp³-hybridized carbons (Fsp3) is 0.324. The number of fused-ring (bicyclic) bond motifs is 1. The quantitative estimate of drug-likeness (QED) is 0.143. The smallest absolute Gasteiger partial charge is 0.338 e. The van der Waals surface area contributed by atoms with Gasteiger partial charge in [-0.25, -0.2) is 9.48 Å². The summed E-state index contributed by atoms with van der Waals surface area (Å²) in [6, 6.07) is 25.5. The number of hydrogen-bond acceptors (Lipinski definition) is 7. The number of aromatic nitrogens is 3. The SMILES string of the molecule is CC1=C(C(=O)OC2CCCCC2)C(c2ccc(OCCc3ccccc3)cc2)n2nc(SCc3ccccc3Cl)nc2N1. The van der Waals surface area contributed by atoms with Gasteiger partial charge in [0.15, 0.2) is 0 Å². The van der Waals surface area contributed by atoms with Crippen molar-refractivity contribution in [2.45, 2.75) is 68.5 Å². The molecule has 6 rings (SSSR count).